The number of rotatable bonds is 2. The average molecular weight is 234 g/mol. The van der Waals surface area contributed by atoms with E-state index < -0.39 is 0 Å². The van der Waals surface area contributed by atoms with Gasteiger partial charge in [0.05, 0.1) is 11.3 Å². The van der Waals surface area contributed by atoms with Crippen LogP contribution in [0.1, 0.15) is 35.5 Å². The molecule has 0 fully saturated rings. The third-order valence-corrected chi connectivity index (χ3v) is 2.69. The van der Waals surface area contributed by atoms with Crippen LogP contribution in [-0.4, -0.2) is 9.97 Å². The molecule has 86 valence electrons. The van der Waals surface area contributed by atoms with E-state index in [-0.39, 0.29) is 5.92 Å². The van der Waals surface area contributed by atoms with Crippen molar-refractivity contribution in [3.63, 3.8) is 0 Å². The number of aromatic nitrogens is 2. The Morgan fingerprint density at radius 1 is 1.06 bits per heavy atom. The normalized spacial score (nSPS) is 11.3. The number of nitriles is 2. The highest BCUT2D eigenvalue weighted by atomic mass is 14.7. The number of hydrogen-bond donors (Lipinski definition) is 0. The summed E-state index contributed by atoms with van der Waals surface area (Å²) in [6.45, 7) is 1.97. The molecule has 0 aromatic carbocycles. The Labute approximate surface area is 105 Å². The predicted molar refractivity (Wildman–Crippen MR) is 65.4 cm³/mol. The van der Waals surface area contributed by atoms with Crippen LogP contribution in [0.25, 0.3) is 0 Å². The molecule has 4 nitrogen and oxygen atoms in total. The second-order valence-electron chi connectivity index (χ2n) is 3.86. The molecule has 0 aliphatic rings. The molecule has 2 aromatic heterocycles. The molecule has 1 atom stereocenters. The summed E-state index contributed by atoms with van der Waals surface area (Å²) >= 11 is 0. The molecule has 0 amide bonds. The Hall–Kier alpha value is -2.72. The van der Waals surface area contributed by atoms with Crippen molar-refractivity contribution in [3.8, 4) is 12.1 Å². The van der Waals surface area contributed by atoms with Crippen LogP contribution < -0.4 is 0 Å². The zero-order valence-corrected chi connectivity index (χ0v) is 9.83. The second-order valence-corrected chi connectivity index (χ2v) is 3.86. The lowest BCUT2D eigenvalue weighted by atomic mass is 10.0. The molecule has 18 heavy (non-hydrogen) atoms. The third kappa shape index (κ3) is 2.34. The van der Waals surface area contributed by atoms with Gasteiger partial charge < -0.3 is 0 Å². The molecular formula is C14H10N4. The van der Waals surface area contributed by atoms with Gasteiger partial charge in [-0.05, 0) is 24.3 Å². The Balaban J connectivity index is 2.32. The SMILES string of the molecule is CC(c1ccc(C#N)cn1)c1cccc(C#N)n1. The van der Waals surface area contributed by atoms with Crippen LogP contribution >= 0.6 is 0 Å². The monoisotopic (exact) mass is 234 g/mol. The van der Waals surface area contributed by atoms with Gasteiger partial charge in [-0.2, -0.15) is 10.5 Å². The molecule has 0 aliphatic carbocycles. The summed E-state index contributed by atoms with van der Waals surface area (Å²) in [6, 6.07) is 12.9. The second kappa shape index (κ2) is 5.07. The van der Waals surface area contributed by atoms with Crippen LogP contribution in [0.2, 0.25) is 0 Å². The molecule has 2 aromatic rings. The minimum absolute atomic E-state index is 0.00829. The van der Waals surface area contributed by atoms with Crippen LogP contribution in [0.3, 0.4) is 0 Å². The topological polar surface area (TPSA) is 73.4 Å². The molecule has 0 bridgehead atoms. The molecule has 0 saturated heterocycles. The van der Waals surface area contributed by atoms with Gasteiger partial charge in [-0.25, -0.2) is 4.98 Å². The lowest BCUT2D eigenvalue weighted by Gasteiger charge is -2.10. The van der Waals surface area contributed by atoms with Gasteiger partial charge in [0.2, 0.25) is 0 Å². The van der Waals surface area contributed by atoms with Crippen molar-refractivity contribution >= 4 is 0 Å². The maximum atomic E-state index is 8.82. The summed E-state index contributed by atoms with van der Waals surface area (Å²) in [4.78, 5) is 8.48. The maximum Gasteiger partial charge on any atom is 0.140 e. The fourth-order valence-electron chi connectivity index (χ4n) is 1.63. The minimum Gasteiger partial charge on any atom is -0.259 e. The van der Waals surface area contributed by atoms with Gasteiger partial charge in [-0.1, -0.05) is 13.0 Å². The van der Waals surface area contributed by atoms with E-state index in [1.165, 1.54) is 0 Å². The van der Waals surface area contributed by atoms with Crippen LogP contribution in [0, 0.1) is 22.7 Å². The van der Waals surface area contributed by atoms with Crippen LogP contribution in [0.15, 0.2) is 36.5 Å². The Morgan fingerprint density at radius 3 is 2.50 bits per heavy atom. The van der Waals surface area contributed by atoms with Crippen molar-refractivity contribution in [2.24, 2.45) is 0 Å². The molecule has 2 heterocycles. The van der Waals surface area contributed by atoms with Crippen LogP contribution in [-0.2, 0) is 0 Å². The van der Waals surface area contributed by atoms with Gasteiger partial charge in [-0.15, -0.1) is 0 Å². The summed E-state index contributed by atoms with van der Waals surface area (Å²) < 4.78 is 0. The van der Waals surface area contributed by atoms with E-state index in [1.807, 2.05) is 31.2 Å². The van der Waals surface area contributed by atoms with E-state index in [1.54, 1.807) is 24.4 Å². The smallest absolute Gasteiger partial charge is 0.140 e. The highest BCUT2D eigenvalue weighted by molar-refractivity contribution is 5.31. The van der Waals surface area contributed by atoms with Crippen molar-refractivity contribution in [1.29, 1.82) is 10.5 Å². The molecule has 4 heteroatoms. The van der Waals surface area contributed by atoms with Gasteiger partial charge in [0, 0.05) is 17.8 Å². The lowest BCUT2D eigenvalue weighted by Crippen LogP contribution is -2.02. The van der Waals surface area contributed by atoms with Gasteiger partial charge in [0.25, 0.3) is 0 Å². The molecule has 0 saturated carbocycles. The summed E-state index contributed by atoms with van der Waals surface area (Å²) in [7, 11) is 0. The summed E-state index contributed by atoms with van der Waals surface area (Å²) in [6.07, 6.45) is 1.54. The van der Waals surface area contributed by atoms with E-state index in [9.17, 15) is 0 Å². The summed E-state index contributed by atoms with van der Waals surface area (Å²) in [5, 5.41) is 17.5. The average Bonchev–Trinajstić information content (AvgIpc) is 2.46. The van der Waals surface area contributed by atoms with E-state index in [2.05, 4.69) is 9.97 Å². The van der Waals surface area contributed by atoms with Crippen molar-refractivity contribution in [2.75, 3.05) is 0 Å². The highest BCUT2D eigenvalue weighted by Gasteiger charge is 2.11. The van der Waals surface area contributed by atoms with E-state index in [4.69, 9.17) is 10.5 Å². The van der Waals surface area contributed by atoms with Crippen molar-refractivity contribution < 1.29 is 0 Å². The Bertz CT molecular complexity index is 632. The van der Waals surface area contributed by atoms with E-state index in [0.29, 0.717) is 11.3 Å². The first kappa shape index (κ1) is 11.8. The molecule has 0 aliphatic heterocycles. The van der Waals surface area contributed by atoms with Gasteiger partial charge in [0.1, 0.15) is 17.8 Å². The van der Waals surface area contributed by atoms with Gasteiger partial charge in [0.15, 0.2) is 0 Å². The van der Waals surface area contributed by atoms with E-state index in [0.717, 1.165) is 11.4 Å². The van der Waals surface area contributed by atoms with Crippen molar-refractivity contribution in [1.82, 2.24) is 9.97 Å². The molecule has 0 spiro atoms. The quantitative estimate of drug-likeness (QED) is 0.799. The number of hydrogen-bond acceptors (Lipinski definition) is 4. The van der Waals surface area contributed by atoms with Crippen LogP contribution in [0.5, 0.6) is 0 Å². The Morgan fingerprint density at radius 2 is 1.89 bits per heavy atom. The maximum absolute atomic E-state index is 8.82. The fourth-order valence-corrected chi connectivity index (χ4v) is 1.63. The fraction of sp³-hybridized carbons (Fsp3) is 0.143. The number of pyridine rings is 2. The number of nitrogens with zero attached hydrogens (tertiary/aromatic N) is 4. The predicted octanol–water partition coefficient (Wildman–Crippen LogP) is 2.37. The van der Waals surface area contributed by atoms with Crippen LogP contribution in [0.4, 0.5) is 0 Å². The molecular weight excluding hydrogens is 224 g/mol. The molecule has 0 N–H and O–H groups in total. The third-order valence-electron chi connectivity index (χ3n) is 2.69. The minimum atomic E-state index is -0.00829. The first-order valence-electron chi connectivity index (χ1n) is 5.47. The molecule has 0 radical (unpaired) electrons. The zero-order chi connectivity index (χ0) is 13.0. The summed E-state index contributed by atoms with van der Waals surface area (Å²) in [5.41, 5.74) is 2.56. The first-order chi connectivity index (χ1) is 8.74. The van der Waals surface area contributed by atoms with E-state index >= 15 is 0 Å². The van der Waals surface area contributed by atoms with Gasteiger partial charge >= 0.3 is 0 Å². The van der Waals surface area contributed by atoms with Crippen molar-refractivity contribution in [3.05, 3.63) is 59.2 Å². The lowest BCUT2D eigenvalue weighted by molar-refractivity contribution is 0.829. The molecule has 1 unspecified atom stereocenters. The first-order valence-corrected chi connectivity index (χ1v) is 5.47. The van der Waals surface area contributed by atoms with Crippen molar-refractivity contribution in [2.45, 2.75) is 12.8 Å². The zero-order valence-electron chi connectivity index (χ0n) is 9.83. The standard InChI is InChI=1S/C14H10N4/c1-10(13-6-5-11(7-15)9-17-13)14-4-2-3-12(8-16)18-14/h2-6,9-10H,1H3. The largest absolute Gasteiger partial charge is 0.259 e. The van der Waals surface area contributed by atoms with Gasteiger partial charge in [-0.3, -0.25) is 4.98 Å². The molecule has 2 rings (SSSR count). The summed E-state index contributed by atoms with van der Waals surface area (Å²) in [5.74, 6) is -0.00829. The Kier molecular flexibility index (Phi) is 3.31. The highest BCUT2D eigenvalue weighted by Crippen LogP contribution is 2.20.